The van der Waals surface area contributed by atoms with Crippen LogP contribution in [0.15, 0.2) is 24.5 Å². The van der Waals surface area contributed by atoms with Gasteiger partial charge in [-0.15, -0.1) is 24.8 Å². The number of pyridine rings is 1. The summed E-state index contributed by atoms with van der Waals surface area (Å²) in [4.78, 5) is 35.5. The SMILES string of the molecule is CCCCN1C(=O)[C@@H]([C@H](O)C2CCCCC2)NC(=O)C12CCN(Cc1cccnc1)CC2.Cl.Cl. The number of nitrogens with one attached hydrogen (secondary N) is 1. The lowest BCUT2D eigenvalue weighted by atomic mass is 9.78. The van der Waals surface area contributed by atoms with Gasteiger partial charge in [0.25, 0.3) is 0 Å². The summed E-state index contributed by atoms with van der Waals surface area (Å²) in [5.41, 5.74) is 0.367. The summed E-state index contributed by atoms with van der Waals surface area (Å²) in [6.45, 7) is 5.00. The van der Waals surface area contributed by atoms with E-state index in [1.165, 1.54) is 6.42 Å². The highest BCUT2D eigenvalue weighted by Crippen LogP contribution is 2.36. The summed E-state index contributed by atoms with van der Waals surface area (Å²) in [6, 6.07) is 3.21. The van der Waals surface area contributed by atoms with Crippen molar-refractivity contribution in [1.82, 2.24) is 20.1 Å². The van der Waals surface area contributed by atoms with Gasteiger partial charge in [0.1, 0.15) is 11.6 Å². The number of carbonyl (C=O) groups is 2. The minimum Gasteiger partial charge on any atom is -0.390 e. The van der Waals surface area contributed by atoms with Gasteiger partial charge in [-0.2, -0.15) is 0 Å². The third-order valence-corrected chi connectivity index (χ3v) is 7.78. The number of nitrogens with zero attached hydrogens (tertiary/aromatic N) is 3. The molecule has 9 heteroatoms. The van der Waals surface area contributed by atoms with Crippen LogP contribution >= 0.6 is 24.8 Å². The van der Waals surface area contributed by atoms with Crippen LogP contribution in [-0.2, 0) is 16.1 Å². The standard InChI is InChI=1S/C25H38N4O3.2ClH/c1-2-3-14-29-23(31)21(22(30)20-9-5-4-6-10-20)27-24(32)25(29)11-15-28(16-12-25)18-19-8-7-13-26-17-19;;/h7-8,13,17,20-22,30H,2-6,9-12,14-16,18H2,1H3,(H,27,32);2*1H/t21-,22-;;/m1../s1. The lowest BCUT2D eigenvalue weighted by molar-refractivity contribution is -0.166. The van der Waals surface area contributed by atoms with E-state index in [4.69, 9.17) is 0 Å². The Hall–Kier alpha value is -1.41. The van der Waals surface area contributed by atoms with Crippen molar-refractivity contribution >= 4 is 36.6 Å². The Morgan fingerprint density at radius 3 is 2.50 bits per heavy atom. The van der Waals surface area contributed by atoms with E-state index >= 15 is 0 Å². The Balaban J connectivity index is 0.00000204. The predicted octanol–water partition coefficient (Wildman–Crippen LogP) is 3.33. The molecule has 4 rings (SSSR count). The first-order chi connectivity index (χ1) is 15.5. The molecular weight excluding hydrogens is 475 g/mol. The van der Waals surface area contributed by atoms with E-state index in [9.17, 15) is 14.7 Å². The molecule has 1 aromatic heterocycles. The van der Waals surface area contributed by atoms with E-state index < -0.39 is 17.7 Å². The van der Waals surface area contributed by atoms with Crippen LogP contribution in [0, 0.1) is 5.92 Å². The fraction of sp³-hybridized carbons (Fsp3) is 0.720. The van der Waals surface area contributed by atoms with E-state index in [-0.39, 0.29) is 42.5 Å². The molecule has 0 bridgehead atoms. The lowest BCUT2D eigenvalue weighted by Crippen LogP contribution is -2.75. The van der Waals surface area contributed by atoms with Gasteiger partial charge < -0.3 is 15.3 Å². The number of amides is 2. The maximum absolute atomic E-state index is 13.6. The monoisotopic (exact) mass is 514 g/mol. The Kier molecular flexibility index (Phi) is 11.1. The number of likely N-dealkylation sites (tertiary alicyclic amines) is 1. The van der Waals surface area contributed by atoms with Crippen molar-refractivity contribution in [2.45, 2.75) is 88.9 Å². The third kappa shape index (κ3) is 6.04. The van der Waals surface area contributed by atoms with E-state index in [1.54, 1.807) is 6.20 Å². The number of halogens is 2. The summed E-state index contributed by atoms with van der Waals surface area (Å²) in [5, 5.41) is 14.0. The number of piperazine rings is 1. The molecule has 1 saturated carbocycles. The molecule has 2 saturated heterocycles. The first kappa shape index (κ1) is 28.8. The van der Waals surface area contributed by atoms with Crippen molar-refractivity contribution in [2.24, 2.45) is 5.92 Å². The summed E-state index contributed by atoms with van der Waals surface area (Å²) in [7, 11) is 0. The van der Waals surface area contributed by atoms with E-state index in [1.807, 2.05) is 17.2 Å². The zero-order valence-electron chi connectivity index (χ0n) is 20.2. The molecule has 0 unspecified atom stereocenters. The number of piperidine rings is 1. The van der Waals surface area contributed by atoms with Crippen molar-refractivity contribution in [3.63, 3.8) is 0 Å². The first-order valence-corrected chi connectivity index (χ1v) is 12.5. The fourth-order valence-corrected chi connectivity index (χ4v) is 5.79. The molecule has 2 atom stereocenters. The second kappa shape index (κ2) is 13.1. The molecule has 0 radical (unpaired) electrons. The van der Waals surface area contributed by atoms with Crippen LogP contribution in [0.25, 0.3) is 0 Å². The van der Waals surface area contributed by atoms with Crippen LogP contribution in [0.2, 0.25) is 0 Å². The minimum absolute atomic E-state index is 0. The summed E-state index contributed by atoms with van der Waals surface area (Å²) < 4.78 is 0. The topological polar surface area (TPSA) is 85.8 Å². The number of unbranched alkanes of at least 4 members (excludes halogenated alkanes) is 1. The molecule has 0 aromatic carbocycles. The number of aliphatic hydroxyl groups is 1. The maximum atomic E-state index is 13.6. The molecule has 3 heterocycles. The van der Waals surface area contributed by atoms with Crippen LogP contribution in [0.5, 0.6) is 0 Å². The zero-order chi connectivity index (χ0) is 22.6. The average molecular weight is 516 g/mol. The normalized spacial score (nSPS) is 24.2. The number of rotatable bonds is 7. The summed E-state index contributed by atoms with van der Waals surface area (Å²) in [6.07, 6.45) is 11.2. The molecule has 1 aromatic rings. The lowest BCUT2D eigenvalue weighted by Gasteiger charge is -2.52. The highest BCUT2D eigenvalue weighted by Gasteiger charge is 2.55. The molecule has 192 valence electrons. The number of hydrogen-bond donors (Lipinski definition) is 2. The van der Waals surface area contributed by atoms with Gasteiger partial charge in [-0.25, -0.2) is 0 Å². The molecule has 3 fully saturated rings. The highest BCUT2D eigenvalue weighted by atomic mass is 35.5. The average Bonchev–Trinajstić information content (AvgIpc) is 2.83. The number of carbonyl (C=O) groups excluding carboxylic acids is 2. The van der Waals surface area contributed by atoms with E-state index in [0.717, 1.165) is 63.7 Å². The molecule has 2 amide bonds. The van der Waals surface area contributed by atoms with Crippen molar-refractivity contribution in [1.29, 1.82) is 0 Å². The van der Waals surface area contributed by atoms with Crippen molar-refractivity contribution in [3.8, 4) is 0 Å². The molecular formula is C25H40Cl2N4O3. The minimum atomic E-state index is -0.804. The largest absolute Gasteiger partial charge is 0.390 e. The van der Waals surface area contributed by atoms with Gasteiger partial charge in [-0.05, 0) is 49.7 Å². The van der Waals surface area contributed by atoms with Crippen LogP contribution in [0.1, 0.15) is 70.3 Å². The number of aliphatic hydroxyl groups excluding tert-OH is 1. The quantitative estimate of drug-likeness (QED) is 0.582. The van der Waals surface area contributed by atoms with Crippen LogP contribution in [-0.4, -0.2) is 69.0 Å². The smallest absolute Gasteiger partial charge is 0.248 e. The van der Waals surface area contributed by atoms with Gasteiger partial charge in [0.15, 0.2) is 0 Å². The third-order valence-electron chi connectivity index (χ3n) is 7.78. The fourth-order valence-electron chi connectivity index (χ4n) is 5.79. The second-order valence-electron chi connectivity index (χ2n) is 9.85. The molecule has 2 aliphatic heterocycles. The molecule has 1 aliphatic carbocycles. The Bertz CT molecular complexity index is 784. The van der Waals surface area contributed by atoms with Gasteiger partial charge in [0.05, 0.1) is 6.10 Å². The Morgan fingerprint density at radius 2 is 1.88 bits per heavy atom. The first-order valence-electron chi connectivity index (χ1n) is 12.5. The number of hydrogen-bond acceptors (Lipinski definition) is 5. The van der Waals surface area contributed by atoms with E-state index in [0.29, 0.717) is 19.4 Å². The van der Waals surface area contributed by atoms with Gasteiger partial charge in [0.2, 0.25) is 11.8 Å². The van der Waals surface area contributed by atoms with Crippen molar-refractivity contribution in [3.05, 3.63) is 30.1 Å². The van der Waals surface area contributed by atoms with Gasteiger partial charge in [0, 0.05) is 38.6 Å². The summed E-state index contributed by atoms with van der Waals surface area (Å²) in [5.74, 6) is -0.0627. The van der Waals surface area contributed by atoms with Crippen LogP contribution < -0.4 is 5.32 Å². The van der Waals surface area contributed by atoms with Gasteiger partial charge in [-0.3, -0.25) is 19.5 Å². The molecule has 3 aliphatic rings. The van der Waals surface area contributed by atoms with Crippen molar-refractivity contribution < 1.29 is 14.7 Å². The Morgan fingerprint density at radius 1 is 1.18 bits per heavy atom. The molecule has 34 heavy (non-hydrogen) atoms. The molecule has 1 spiro atoms. The van der Waals surface area contributed by atoms with E-state index in [2.05, 4.69) is 28.2 Å². The molecule has 2 N–H and O–H groups in total. The molecule has 7 nitrogen and oxygen atoms in total. The predicted molar refractivity (Wildman–Crippen MR) is 137 cm³/mol. The summed E-state index contributed by atoms with van der Waals surface area (Å²) >= 11 is 0. The van der Waals surface area contributed by atoms with Gasteiger partial charge >= 0.3 is 0 Å². The van der Waals surface area contributed by atoms with Gasteiger partial charge in [-0.1, -0.05) is 38.7 Å². The number of aromatic nitrogens is 1. The van der Waals surface area contributed by atoms with Crippen LogP contribution in [0.4, 0.5) is 0 Å². The van der Waals surface area contributed by atoms with Crippen molar-refractivity contribution in [2.75, 3.05) is 19.6 Å². The zero-order valence-corrected chi connectivity index (χ0v) is 21.8. The maximum Gasteiger partial charge on any atom is 0.248 e. The second-order valence-corrected chi connectivity index (χ2v) is 9.85. The highest BCUT2D eigenvalue weighted by molar-refractivity contribution is 6.00. The Labute approximate surface area is 215 Å². The van der Waals surface area contributed by atoms with Crippen LogP contribution in [0.3, 0.4) is 0 Å².